The second kappa shape index (κ2) is 8.90. The highest BCUT2D eigenvalue weighted by Gasteiger charge is 2.16. The Balaban J connectivity index is 0.000000178. The van der Waals surface area contributed by atoms with E-state index in [9.17, 15) is 8.42 Å². The molecule has 0 unspecified atom stereocenters. The van der Waals surface area contributed by atoms with E-state index >= 15 is 0 Å². The van der Waals surface area contributed by atoms with Gasteiger partial charge in [0.15, 0.2) is 0 Å². The molecule has 0 radical (unpaired) electrons. The first-order valence-electron chi connectivity index (χ1n) is 9.73. The zero-order valence-corrected chi connectivity index (χ0v) is 17.2. The Kier molecular flexibility index (Phi) is 6.54. The Morgan fingerprint density at radius 1 is 1.04 bits per heavy atom. The zero-order valence-electron chi connectivity index (χ0n) is 16.4. The van der Waals surface area contributed by atoms with Gasteiger partial charge in [-0.1, -0.05) is 30.7 Å². The number of aromatic nitrogens is 1. The molecule has 3 N–H and O–H groups in total. The second-order valence-corrected chi connectivity index (χ2v) is 8.73. The SMILES string of the molecule is CCc1ccc2[nH]c(C3CCNCC3)cc2c1.Cc1ccc(S(=O)(=O)O)cc1. The minimum Gasteiger partial charge on any atom is -0.358 e. The van der Waals surface area contributed by atoms with E-state index in [1.165, 1.54) is 47.1 Å². The molecule has 28 heavy (non-hydrogen) atoms. The Hall–Kier alpha value is -2.15. The van der Waals surface area contributed by atoms with Crippen LogP contribution < -0.4 is 5.32 Å². The Morgan fingerprint density at radius 3 is 2.32 bits per heavy atom. The molecule has 1 fully saturated rings. The molecular formula is C22H28N2O3S. The lowest BCUT2D eigenvalue weighted by Gasteiger charge is -2.21. The van der Waals surface area contributed by atoms with E-state index in [1.54, 1.807) is 12.1 Å². The number of nitrogens with one attached hydrogen (secondary N) is 2. The lowest BCUT2D eigenvalue weighted by Crippen LogP contribution is -2.26. The van der Waals surface area contributed by atoms with Crippen molar-refractivity contribution in [2.75, 3.05) is 13.1 Å². The highest BCUT2D eigenvalue weighted by molar-refractivity contribution is 7.85. The fourth-order valence-corrected chi connectivity index (χ4v) is 3.97. The van der Waals surface area contributed by atoms with Gasteiger partial charge in [0, 0.05) is 17.1 Å². The Morgan fingerprint density at radius 2 is 1.71 bits per heavy atom. The summed E-state index contributed by atoms with van der Waals surface area (Å²) >= 11 is 0. The number of piperidine rings is 1. The van der Waals surface area contributed by atoms with Crippen LogP contribution in [-0.4, -0.2) is 31.0 Å². The van der Waals surface area contributed by atoms with E-state index < -0.39 is 10.1 Å². The number of benzene rings is 2. The van der Waals surface area contributed by atoms with Gasteiger partial charge in [-0.15, -0.1) is 0 Å². The monoisotopic (exact) mass is 400 g/mol. The zero-order chi connectivity index (χ0) is 20.1. The highest BCUT2D eigenvalue weighted by atomic mass is 32.2. The second-order valence-electron chi connectivity index (χ2n) is 7.31. The van der Waals surface area contributed by atoms with E-state index in [0.717, 1.165) is 25.1 Å². The third-order valence-corrected chi connectivity index (χ3v) is 6.08. The summed E-state index contributed by atoms with van der Waals surface area (Å²) in [5, 5.41) is 4.80. The number of H-pyrrole nitrogens is 1. The predicted molar refractivity (Wildman–Crippen MR) is 114 cm³/mol. The molecule has 1 aromatic heterocycles. The summed E-state index contributed by atoms with van der Waals surface area (Å²) in [6.07, 6.45) is 3.63. The largest absolute Gasteiger partial charge is 0.358 e. The van der Waals surface area contributed by atoms with Crippen LogP contribution >= 0.6 is 0 Å². The van der Waals surface area contributed by atoms with Crippen molar-refractivity contribution in [1.82, 2.24) is 10.3 Å². The van der Waals surface area contributed by atoms with Crippen molar-refractivity contribution in [3.8, 4) is 0 Å². The molecule has 1 saturated heterocycles. The molecular weight excluding hydrogens is 372 g/mol. The summed E-state index contributed by atoms with van der Waals surface area (Å²) in [5.74, 6) is 0.716. The van der Waals surface area contributed by atoms with Crippen molar-refractivity contribution < 1.29 is 13.0 Å². The maximum Gasteiger partial charge on any atom is 0.294 e. The van der Waals surface area contributed by atoms with Crippen LogP contribution in [0.4, 0.5) is 0 Å². The van der Waals surface area contributed by atoms with E-state index in [1.807, 2.05) is 6.92 Å². The Labute approximate surface area is 166 Å². The molecule has 150 valence electrons. The first-order chi connectivity index (χ1) is 13.4. The minimum atomic E-state index is -4.02. The maximum atomic E-state index is 10.5. The molecule has 1 aliphatic rings. The molecule has 0 aliphatic carbocycles. The molecule has 0 amide bonds. The third kappa shape index (κ3) is 5.22. The topological polar surface area (TPSA) is 82.2 Å². The molecule has 0 atom stereocenters. The standard InChI is InChI=1S/C15H20N2.C7H8O3S/c1-2-11-3-4-14-13(9-11)10-15(17-14)12-5-7-16-8-6-12;1-6-2-4-7(5-3-6)11(8,9)10/h3-4,9-10,12,16-17H,2,5-8H2,1H3;2-5H,1H3,(H,8,9,10). The van der Waals surface area contributed by atoms with E-state index in [-0.39, 0.29) is 4.90 Å². The molecule has 4 rings (SSSR count). The smallest absolute Gasteiger partial charge is 0.294 e. The Bertz CT molecular complexity index is 1020. The van der Waals surface area contributed by atoms with E-state index in [0.29, 0.717) is 5.92 Å². The predicted octanol–water partition coefficient (Wildman–Crippen LogP) is 4.44. The van der Waals surface area contributed by atoms with Gasteiger partial charge in [0.1, 0.15) is 0 Å². The fourth-order valence-electron chi connectivity index (χ4n) is 3.49. The number of aryl methyl sites for hydroxylation is 2. The highest BCUT2D eigenvalue weighted by Crippen LogP contribution is 2.28. The number of hydrogen-bond acceptors (Lipinski definition) is 3. The summed E-state index contributed by atoms with van der Waals surface area (Å²) in [6.45, 7) is 6.36. The van der Waals surface area contributed by atoms with E-state index in [2.05, 4.69) is 41.5 Å². The summed E-state index contributed by atoms with van der Waals surface area (Å²) in [4.78, 5) is 3.52. The average molecular weight is 401 g/mol. The van der Waals surface area contributed by atoms with Crippen molar-refractivity contribution in [3.05, 3.63) is 65.4 Å². The van der Waals surface area contributed by atoms with Gasteiger partial charge in [-0.25, -0.2) is 0 Å². The summed E-state index contributed by atoms with van der Waals surface area (Å²) in [7, 11) is -4.02. The van der Waals surface area contributed by atoms with Crippen LogP contribution in [-0.2, 0) is 16.5 Å². The molecule has 0 bridgehead atoms. The van der Waals surface area contributed by atoms with Gasteiger partial charge in [0.05, 0.1) is 4.90 Å². The van der Waals surface area contributed by atoms with Gasteiger partial charge in [-0.05, 0) is 80.6 Å². The lowest BCUT2D eigenvalue weighted by atomic mass is 9.95. The van der Waals surface area contributed by atoms with Crippen molar-refractivity contribution in [2.45, 2.75) is 43.9 Å². The molecule has 0 saturated carbocycles. The third-order valence-electron chi connectivity index (χ3n) is 5.21. The van der Waals surface area contributed by atoms with Crippen molar-refractivity contribution in [2.24, 2.45) is 0 Å². The quantitative estimate of drug-likeness (QED) is 0.568. The number of aromatic amines is 1. The summed E-state index contributed by atoms with van der Waals surface area (Å²) < 4.78 is 29.6. The van der Waals surface area contributed by atoms with Gasteiger partial charge in [0.25, 0.3) is 10.1 Å². The van der Waals surface area contributed by atoms with Crippen molar-refractivity contribution >= 4 is 21.0 Å². The fraction of sp³-hybridized carbons (Fsp3) is 0.364. The van der Waals surface area contributed by atoms with Gasteiger partial charge in [0.2, 0.25) is 0 Å². The maximum absolute atomic E-state index is 10.5. The lowest BCUT2D eigenvalue weighted by molar-refractivity contribution is 0.455. The first-order valence-corrected chi connectivity index (χ1v) is 11.2. The van der Waals surface area contributed by atoms with Crippen molar-refractivity contribution in [3.63, 3.8) is 0 Å². The summed E-state index contributed by atoms with van der Waals surface area (Å²) in [6, 6.07) is 15.1. The number of rotatable bonds is 3. The van der Waals surface area contributed by atoms with Crippen LogP contribution in [0.1, 0.15) is 42.5 Å². The van der Waals surface area contributed by atoms with Gasteiger partial charge in [-0.3, -0.25) is 4.55 Å². The van der Waals surface area contributed by atoms with Crippen molar-refractivity contribution in [1.29, 1.82) is 0 Å². The van der Waals surface area contributed by atoms with Crippen LogP contribution in [0.2, 0.25) is 0 Å². The minimum absolute atomic E-state index is 0.0666. The van der Waals surface area contributed by atoms with Crippen LogP contribution in [0.25, 0.3) is 10.9 Å². The molecule has 3 aromatic rings. The summed E-state index contributed by atoms with van der Waals surface area (Å²) in [5.41, 5.74) is 5.09. The molecule has 1 aliphatic heterocycles. The van der Waals surface area contributed by atoms with Crippen LogP contribution in [0.5, 0.6) is 0 Å². The first kappa shape index (κ1) is 20.6. The molecule has 2 aromatic carbocycles. The van der Waals surface area contributed by atoms with Crippen LogP contribution in [0.3, 0.4) is 0 Å². The number of hydrogen-bond donors (Lipinski definition) is 3. The van der Waals surface area contributed by atoms with Crippen LogP contribution in [0, 0.1) is 6.92 Å². The van der Waals surface area contributed by atoms with Gasteiger partial charge in [-0.2, -0.15) is 8.42 Å². The molecule has 0 spiro atoms. The molecule has 5 nitrogen and oxygen atoms in total. The average Bonchev–Trinajstić information content (AvgIpc) is 3.12. The van der Waals surface area contributed by atoms with Gasteiger partial charge >= 0.3 is 0 Å². The van der Waals surface area contributed by atoms with Crippen LogP contribution in [0.15, 0.2) is 53.4 Å². The normalized spacial score (nSPS) is 15.2. The molecule has 2 heterocycles. The number of fused-ring (bicyclic) bond motifs is 1. The van der Waals surface area contributed by atoms with Gasteiger partial charge < -0.3 is 10.3 Å². The molecule has 6 heteroatoms. The van der Waals surface area contributed by atoms with E-state index in [4.69, 9.17) is 4.55 Å².